The average molecular weight is 337 g/mol. The van der Waals surface area contributed by atoms with Crippen LogP contribution in [0, 0.1) is 11.3 Å². The van der Waals surface area contributed by atoms with Gasteiger partial charge in [-0.1, -0.05) is 18.6 Å². The van der Waals surface area contributed by atoms with Crippen molar-refractivity contribution < 1.29 is 17.9 Å². The summed E-state index contributed by atoms with van der Waals surface area (Å²) < 4.78 is 33.0. The van der Waals surface area contributed by atoms with E-state index in [1.165, 1.54) is 11.2 Å². The third kappa shape index (κ3) is 4.43. The SMILES string of the molecule is C[C@H](Oc1ccccc1C#N)C(=O)NS(=O)(=O)N1CCCCC1. The van der Waals surface area contributed by atoms with Crippen molar-refractivity contribution in [2.45, 2.75) is 32.3 Å². The molecule has 1 atom stereocenters. The van der Waals surface area contributed by atoms with Crippen molar-refractivity contribution in [3.8, 4) is 11.8 Å². The Labute approximate surface area is 136 Å². The lowest BCUT2D eigenvalue weighted by atomic mass is 10.2. The maximum Gasteiger partial charge on any atom is 0.303 e. The molecule has 1 aliphatic rings. The highest BCUT2D eigenvalue weighted by Gasteiger charge is 2.28. The molecule has 0 aromatic heterocycles. The minimum Gasteiger partial charge on any atom is -0.479 e. The average Bonchev–Trinajstić information content (AvgIpc) is 2.55. The molecule has 1 aliphatic heterocycles. The number of para-hydroxylation sites is 1. The Bertz CT molecular complexity index is 706. The molecule has 0 bridgehead atoms. The van der Waals surface area contributed by atoms with Crippen LogP contribution >= 0.6 is 0 Å². The molecule has 1 N–H and O–H groups in total. The Morgan fingerprint density at radius 1 is 1.30 bits per heavy atom. The molecule has 1 fully saturated rings. The van der Waals surface area contributed by atoms with Crippen LogP contribution in [0.15, 0.2) is 24.3 Å². The smallest absolute Gasteiger partial charge is 0.303 e. The van der Waals surface area contributed by atoms with Crippen molar-refractivity contribution in [3.63, 3.8) is 0 Å². The number of ether oxygens (including phenoxy) is 1. The number of nitriles is 1. The monoisotopic (exact) mass is 337 g/mol. The molecule has 2 rings (SSSR count). The van der Waals surface area contributed by atoms with Crippen LogP contribution in [0.5, 0.6) is 5.75 Å². The maximum absolute atomic E-state index is 12.2. The van der Waals surface area contributed by atoms with Crippen LogP contribution in [0.25, 0.3) is 0 Å². The summed E-state index contributed by atoms with van der Waals surface area (Å²) in [4.78, 5) is 12.1. The first kappa shape index (κ1) is 17.2. The van der Waals surface area contributed by atoms with E-state index in [0.717, 1.165) is 19.3 Å². The number of nitrogens with one attached hydrogen (secondary N) is 1. The van der Waals surface area contributed by atoms with E-state index in [0.29, 0.717) is 13.1 Å². The molecule has 0 unspecified atom stereocenters. The van der Waals surface area contributed by atoms with Crippen molar-refractivity contribution in [1.29, 1.82) is 5.26 Å². The molecule has 124 valence electrons. The van der Waals surface area contributed by atoms with E-state index in [1.807, 2.05) is 10.8 Å². The van der Waals surface area contributed by atoms with Gasteiger partial charge in [0.15, 0.2) is 6.10 Å². The molecule has 0 saturated carbocycles. The van der Waals surface area contributed by atoms with Crippen molar-refractivity contribution in [2.24, 2.45) is 0 Å². The largest absolute Gasteiger partial charge is 0.479 e. The van der Waals surface area contributed by atoms with Gasteiger partial charge in [-0.15, -0.1) is 0 Å². The van der Waals surface area contributed by atoms with E-state index < -0.39 is 22.2 Å². The molecule has 1 heterocycles. The summed E-state index contributed by atoms with van der Waals surface area (Å²) in [5, 5.41) is 8.99. The van der Waals surface area contributed by atoms with Gasteiger partial charge in [0, 0.05) is 13.1 Å². The highest BCUT2D eigenvalue weighted by Crippen LogP contribution is 2.18. The van der Waals surface area contributed by atoms with E-state index in [4.69, 9.17) is 10.00 Å². The van der Waals surface area contributed by atoms with E-state index >= 15 is 0 Å². The van der Waals surface area contributed by atoms with Gasteiger partial charge in [-0.3, -0.25) is 4.79 Å². The minimum absolute atomic E-state index is 0.244. The first-order valence-corrected chi connectivity index (χ1v) is 8.85. The van der Waals surface area contributed by atoms with Crippen LogP contribution in [0.4, 0.5) is 0 Å². The number of rotatable bonds is 5. The van der Waals surface area contributed by atoms with Gasteiger partial charge in [0.1, 0.15) is 11.8 Å². The molecule has 8 heteroatoms. The molecular formula is C15H19N3O4S. The Hall–Kier alpha value is -2.11. The standard InChI is InChI=1S/C15H19N3O4S/c1-12(22-14-8-4-3-7-13(14)11-16)15(19)17-23(20,21)18-9-5-2-6-10-18/h3-4,7-8,12H,2,5-6,9-10H2,1H3,(H,17,19)/t12-/m0/s1. The third-order valence-electron chi connectivity index (χ3n) is 3.56. The zero-order chi connectivity index (χ0) is 16.9. The van der Waals surface area contributed by atoms with Gasteiger partial charge in [0.05, 0.1) is 5.56 Å². The zero-order valence-electron chi connectivity index (χ0n) is 12.9. The maximum atomic E-state index is 12.2. The molecular weight excluding hydrogens is 318 g/mol. The van der Waals surface area contributed by atoms with E-state index in [9.17, 15) is 13.2 Å². The Morgan fingerprint density at radius 2 is 1.96 bits per heavy atom. The number of benzene rings is 1. The molecule has 1 aromatic carbocycles. The molecule has 0 spiro atoms. The lowest BCUT2D eigenvalue weighted by molar-refractivity contribution is -0.125. The first-order chi connectivity index (χ1) is 10.9. The summed E-state index contributed by atoms with van der Waals surface area (Å²) in [7, 11) is -3.85. The summed E-state index contributed by atoms with van der Waals surface area (Å²) in [6.45, 7) is 2.26. The second kappa shape index (κ2) is 7.44. The van der Waals surface area contributed by atoms with Crippen LogP contribution in [0.1, 0.15) is 31.7 Å². The fourth-order valence-corrected chi connectivity index (χ4v) is 3.57. The number of amides is 1. The summed E-state index contributed by atoms with van der Waals surface area (Å²) in [6, 6.07) is 8.42. The second-order valence-electron chi connectivity index (χ2n) is 5.30. The lowest BCUT2D eigenvalue weighted by Crippen LogP contribution is -2.49. The quantitative estimate of drug-likeness (QED) is 0.869. The molecule has 1 aromatic rings. The van der Waals surface area contributed by atoms with Gasteiger partial charge in [0.25, 0.3) is 5.91 Å². The highest BCUT2D eigenvalue weighted by atomic mass is 32.2. The normalized spacial score (nSPS) is 17.0. The fraction of sp³-hybridized carbons (Fsp3) is 0.467. The van der Waals surface area contributed by atoms with E-state index in [-0.39, 0.29) is 11.3 Å². The van der Waals surface area contributed by atoms with Crippen LogP contribution < -0.4 is 9.46 Å². The molecule has 1 amide bonds. The summed E-state index contributed by atoms with van der Waals surface area (Å²) in [5.74, 6) is -0.517. The fourth-order valence-electron chi connectivity index (χ4n) is 2.29. The van der Waals surface area contributed by atoms with Gasteiger partial charge >= 0.3 is 10.2 Å². The summed E-state index contributed by atoms with van der Waals surface area (Å²) in [6.07, 6.45) is 1.53. The van der Waals surface area contributed by atoms with Gasteiger partial charge in [0.2, 0.25) is 0 Å². The van der Waals surface area contributed by atoms with Crippen LogP contribution in [0.3, 0.4) is 0 Å². The molecule has 1 saturated heterocycles. The van der Waals surface area contributed by atoms with Gasteiger partial charge in [-0.05, 0) is 31.9 Å². The van der Waals surface area contributed by atoms with Crippen molar-refractivity contribution in [3.05, 3.63) is 29.8 Å². The first-order valence-electron chi connectivity index (χ1n) is 7.41. The molecule has 7 nitrogen and oxygen atoms in total. The molecule has 0 radical (unpaired) electrons. The van der Waals surface area contributed by atoms with Crippen molar-refractivity contribution in [2.75, 3.05) is 13.1 Å². The number of carbonyl (C=O) groups excluding carboxylic acids is 1. The number of carbonyl (C=O) groups is 1. The summed E-state index contributed by atoms with van der Waals surface area (Å²) in [5.41, 5.74) is 0.283. The van der Waals surface area contributed by atoms with Gasteiger partial charge in [-0.25, -0.2) is 4.72 Å². The Kier molecular flexibility index (Phi) is 5.58. The highest BCUT2D eigenvalue weighted by molar-refractivity contribution is 7.87. The molecule has 0 aliphatic carbocycles. The number of hydrogen-bond acceptors (Lipinski definition) is 5. The topological polar surface area (TPSA) is 99.5 Å². The number of nitrogens with zero attached hydrogens (tertiary/aromatic N) is 2. The van der Waals surface area contributed by atoms with Crippen molar-refractivity contribution >= 4 is 16.1 Å². The van der Waals surface area contributed by atoms with E-state index in [1.54, 1.807) is 24.3 Å². The lowest BCUT2D eigenvalue weighted by Gasteiger charge is -2.26. The van der Waals surface area contributed by atoms with Crippen LogP contribution in [-0.4, -0.2) is 37.8 Å². The third-order valence-corrected chi connectivity index (χ3v) is 5.07. The van der Waals surface area contributed by atoms with Crippen LogP contribution in [0.2, 0.25) is 0 Å². The number of piperidine rings is 1. The van der Waals surface area contributed by atoms with Gasteiger partial charge < -0.3 is 4.74 Å². The predicted octanol–water partition coefficient (Wildman–Crippen LogP) is 1.17. The Morgan fingerprint density at radius 3 is 2.61 bits per heavy atom. The Balaban J connectivity index is 2.01. The van der Waals surface area contributed by atoms with Gasteiger partial charge in [-0.2, -0.15) is 18.0 Å². The van der Waals surface area contributed by atoms with Crippen LogP contribution in [-0.2, 0) is 15.0 Å². The minimum atomic E-state index is -3.85. The van der Waals surface area contributed by atoms with E-state index in [2.05, 4.69) is 0 Å². The molecule has 23 heavy (non-hydrogen) atoms. The summed E-state index contributed by atoms with van der Waals surface area (Å²) >= 11 is 0. The van der Waals surface area contributed by atoms with Crippen molar-refractivity contribution in [1.82, 2.24) is 9.03 Å². The zero-order valence-corrected chi connectivity index (χ0v) is 13.7. The number of hydrogen-bond donors (Lipinski definition) is 1. The predicted molar refractivity (Wildman–Crippen MR) is 83.7 cm³/mol. The second-order valence-corrected chi connectivity index (χ2v) is 6.97.